The first-order valence-electron chi connectivity index (χ1n) is 6.97. The molecule has 0 unspecified atom stereocenters. The molecule has 108 valence electrons. The van der Waals surface area contributed by atoms with Crippen LogP contribution in [0.25, 0.3) is 16.6 Å². The quantitative estimate of drug-likeness (QED) is 0.800. The van der Waals surface area contributed by atoms with Crippen molar-refractivity contribution < 1.29 is 0 Å². The number of aryl methyl sites for hydroxylation is 1. The standard InChI is InChI=1S/C15H18N6/c1-9(2)12-7-11-5-6-13(21-8-17-19-20-21)10(3)14(11)18-15(12)16-4/h5-9H,1-4H3,(H,16,18). The highest BCUT2D eigenvalue weighted by Gasteiger charge is 2.13. The van der Waals surface area contributed by atoms with Gasteiger partial charge in [0, 0.05) is 18.0 Å². The summed E-state index contributed by atoms with van der Waals surface area (Å²) in [6.07, 6.45) is 1.59. The molecule has 2 aromatic heterocycles. The van der Waals surface area contributed by atoms with Crippen molar-refractivity contribution in [2.45, 2.75) is 26.7 Å². The Bertz CT molecular complexity index is 776. The molecule has 6 nitrogen and oxygen atoms in total. The number of aromatic nitrogens is 5. The van der Waals surface area contributed by atoms with Gasteiger partial charge in [0.25, 0.3) is 0 Å². The molecule has 0 amide bonds. The molecule has 2 heterocycles. The molecule has 0 atom stereocenters. The Kier molecular flexibility index (Phi) is 3.29. The van der Waals surface area contributed by atoms with E-state index in [4.69, 9.17) is 4.98 Å². The van der Waals surface area contributed by atoms with E-state index in [9.17, 15) is 0 Å². The summed E-state index contributed by atoms with van der Waals surface area (Å²) in [5.41, 5.74) is 4.20. The number of nitrogens with zero attached hydrogens (tertiary/aromatic N) is 5. The Morgan fingerprint density at radius 3 is 2.67 bits per heavy atom. The largest absolute Gasteiger partial charge is 0.373 e. The van der Waals surface area contributed by atoms with Crippen LogP contribution in [0, 0.1) is 6.92 Å². The van der Waals surface area contributed by atoms with Crippen LogP contribution in [0.2, 0.25) is 0 Å². The summed E-state index contributed by atoms with van der Waals surface area (Å²) >= 11 is 0. The maximum atomic E-state index is 4.79. The number of tetrazole rings is 1. The minimum Gasteiger partial charge on any atom is -0.373 e. The first-order chi connectivity index (χ1) is 10.1. The van der Waals surface area contributed by atoms with Gasteiger partial charge in [-0.15, -0.1) is 5.10 Å². The normalized spacial score (nSPS) is 11.3. The van der Waals surface area contributed by atoms with Crippen LogP contribution < -0.4 is 5.32 Å². The van der Waals surface area contributed by atoms with Crippen molar-refractivity contribution in [3.8, 4) is 5.69 Å². The van der Waals surface area contributed by atoms with Crippen molar-refractivity contribution in [2.75, 3.05) is 12.4 Å². The first kappa shape index (κ1) is 13.5. The summed E-state index contributed by atoms with van der Waals surface area (Å²) < 4.78 is 1.66. The molecule has 0 aliphatic rings. The number of hydrogen-bond acceptors (Lipinski definition) is 5. The zero-order valence-electron chi connectivity index (χ0n) is 12.6. The molecular weight excluding hydrogens is 264 g/mol. The Balaban J connectivity index is 2.26. The zero-order chi connectivity index (χ0) is 15.0. The predicted molar refractivity (Wildman–Crippen MR) is 82.8 cm³/mol. The van der Waals surface area contributed by atoms with E-state index in [1.165, 1.54) is 5.56 Å². The van der Waals surface area contributed by atoms with Crippen LogP contribution in [-0.4, -0.2) is 32.2 Å². The minimum atomic E-state index is 0.420. The van der Waals surface area contributed by atoms with Crippen LogP contribution in [0.15, 0.2) is 24.5 Å². The average molecular weight is 282 g/mol. The second kappa shape index (κ2) is 5.12. The van der Waals surface area contributed by atoms with Gasteiger partial charge < -0.3 is 5.32 Å². The first-order valence-corrected chi connectivity index (χ1v) is 6.97. The fraction of sp³-hybridized carbons (Fsp3) is 0.333. The number of fused-ring (bicyclic) bond motifs is 1. The summed E-state index contributed by atoms with van der Waals surface area (Å²) in [5.74, 6) is 1.35. The molecule has 21 heavy (non-hydrogen) atoms. The molecule has 3 aromatic rings. The third-order valence-corrected chi connectivity index (χ3v) is 3.70. The highest BCUT2D eigenvalue weighted by Crippen LogP contribution is 2.30. The van der Waals surface area contributed by atoms with Crippen LogP contribution in [0.5, 0.6) is 0 Å². The molecule has 0 saturated heterocycles. The van der Waals surface area contributed by atoms with Crippen molar-refractivity contribution in [1.29, 1.82) is 0 Å². The lowest BCUT2D eigenvalue weighted by molar-refractivity contribution is 0.786. The van der Waals surface area contributed by atoms with Crippen LogP contribution in [0.1, 0.15) is 30.9 Å². The molecule has 1 aromatic carbocycles. The van der Waals surface area contributed by atoms with E-state index in [-0.39, 0.29) is 0 Å². The molecule has 0 saturated carbocycles. The number of hydrogen-bond donors (Lipinski definition) is 1. The molecule has 6 heteroatoms. The van der Waals surface area contributed by atoms with Crippen molar-refractivity contribution in [1.82, 2.24) is 25.2 Å². The summed E-state index contributed by atoms with van der Waals surface area (Å²) in [4.78, 5) is 4.79. The highest BCUT2D eigenvalue weighted by atomic mass is 15.5. The van der Waals surface area contributed by atoms with E-state index in [1.807, 2.05) is 20.0 Å². The zero-order valence-corrected chi connectivity index (χ0v) is 12.6. The molecule has 0 fully saturated rings. The maximum absolute atomic E-state index is 4.79. The van der Waals surface area contributed by atoms with E-state index >= 15 is 0 Å². The lowest BCUT2D eigenvalue weighted by Gasteiger charge is -2.15. The lowest BCUT2D eigenvalue weighted by Crippen LogP contribution is -2.04. The number of benzene rings is 1. The summed E-state index contributed by atoms with van der Waals surface area (Å²) in [5, 5.41) is 15.7. The highest BCUT2D eigenvalue weighted by molar-refractivity contribution is 5.87. The van der Waals surface area contributed by atoms with E-state index in [0.29, 0.717) is 5.92 Å². The van der Waals surface area contributed by atoms with Crippen molar-refractivity contribution in [3.05, 3.63) is 35.7 Å². The lowest BCUT2D eigenvalue weighted by atomic mass is 10.00. The van der Waals surface area contributed by atoms with Gasteiger partial charge >= 0.3 is 0 Å². The molecule has 0 spiro atoms. The smallest absolute Gasteiger partial charge is 0.143 e. The van der Waals surface area contributed by atoms with Gasteiger partial charge in [0.15, 0.2) is 0 Å². The van der Waals surface area contributed by atoms with Gasteiger partial charge in [-0.25, -0.2) is 9.67 Å². The maximum Gasteiger partial charge on any atom is 0.143 e. The van der Waals surface area contributed by atoms with Gasteiger partial charge in [0.05, 0.1) is 11.2 Å². The molecule has 0 bridgehead atoms. The molecule has 0 radical (unpaired) electrons. The Morgan fingerprint density at radius 2 is 2.05 bits per heavy atom. The average Bonchev–Trinajstić information content (AvgIpc) is 3.00. The summed E-state index contributed by atoms with van der Waals surface area (Å²) in [7, 11) is 1.90. The van der Waals surface area contributed by atoms with E-state index < -0.39 is 0 Å². The third-order valence-electron chi connectivity index (χ3n) is 3.70. The van der Waals surface area contributed by atoms with Crippen LogP contribution in [0.3, 0.4) is 0 Å². The van der Waals surface area contributed by atoms with Crippen molar-refractivity contribution in [2.24, 2.45) is 0 Å². The van der Waals surface area contributed by atoms with E-state index in [0.717, 1.165) is 28.0 Å². The van der Waals surface area contributed by atoms with Gasteiger partial charge in [-0.1, -0.05) is 19.9 Å². The van der Waals surface area contributed by atoms with Crippen LogP contribution in [0.4, 0.5) is 5.82 Å². The monoisotopic (exact) mass is 282 g/mol. The minimum absolute atomic E-state index is 0.420. The second-order valence-electron chi connectivity index (χ2n) is 5.37. The third kappa shape index (κ3) is 2.22. The van der Waals surface area contributed by atoms with Gasteiger partial charge in [-0.2, -0.15) is 0 Å². The fourth-order valence-corrected chi connectivity index (χ4v) is 2.55. The van der Waals surface area contributed by atoms with Gasteiger partial charge in [-0.05, 0) is 41.0 Å². The van der Waals surface area contributed by atoms with Crippen LogP contribution in [-0.2, 0) is 0 Å². The SMILES string of the molecule is CNc1nc2c(C)c(-n3cnnn3)ccc2cc1C(C)C. The fourth-order valence-electron chi connectivity index (χ4n) is 2.55. The molecule has 0 aliphatic carbocycles. The molecular formula is C15H18N6. The summed E-state index contributed by atoms with van der Waals surface area (Å²) in [6, 6.07) is 6.30. The van der Waals surface area contributed by atoms with Crippen molar-refractivity contribution >= 4 is 16.7 Å². The van der Waals surface area contributed by atoms with E-state index in [1.54, 1.807) is 11.0 Å². The van der Waals surface area contributed by atoms with Crippen LogP contribution >= 0.6 is 0 Å². The molecule has 1 N–H and O–H groups in total. The van der Waals surface area contributed by atoms with Gasteiger partial charge in [0.1, 0.15) is 12.1 Å². The van der Waals surface area contributed by atoms with Gasteiger partial charge in [0.2, 0.25) is 0 Å². The number of anilines is 1. The Hall–Kier alpha value is -2.50. The van der Waals surface area contributed by atoms with Gasteiger partial charge in [-0.3, -0.25) is 0 Å². The van der Waals surface area contributed by atoms with Crippen molar-refractivity contribution in [3.63, 3.8) is 0 Å². The topological polar surface area (TPSA) is 68.5 Å². The number of rotatable bonds is 3. The van der Waals surface area contributed by atoms with E-state index in [2.05, 4.69) is 46.8 Å². The Morgan fingerprint density at radius 1 is 1.24 bits per heavy atom. The number of nitrogens with one attached hydrogen (secondary N) is 1. The summed E-state index contributed by atoms with van der Waals surface area (Å²) in [6.45, 7) is 6.39. The predicted octanol–water partition coefficient (Wildman–Crippen LogP) is 2.68. The molecule has 0 aliphatic heterocycles. The molecule has 3 rings (SSSR count). The second-order valence-corrected chi connectivity index (χ2v) is 5.37. The number of pyridine rings is 1. The Labute approximate surface area is 123 Å².